The number of nitrogens with two attached hydrogens (primary N) is 1. The van der Waals surface area contributed by atoms with E-state index in [-0.39, 0.29) is 0 Å². The van der Waals surface area contributed by atoms with E-state index in [9.17, 15) is 4.79 Å². The molecule has 0 aromatic carbocycles. The summed E-state index contributed by atoms with van der Waals surface area (Å²) >= 11 is 0. The van der Waals surface area contributed by atoms with Gasteiger partial charge in [-0.15, -0.1) is 0 Å². The molecule has 0 saturated carbocycles. The first-order chi connectivity index (χ1) is 3.91. The lowest BCUT2D eigenvalue weighted by atomic mass is 10.3. The molecule has 8 heavy (non-hydrogen) atoms. The average Bonchev–Trinajstić information content (AvgIpc) is 1.81. The van der Waals surface area contributed by atoms with E-state index in [1.165, 1.54) is 6.08 Å². The van der Waals surface area contributed by atoms with Crippen LogP contribution in [0.15, 0.2) is 12.2 Å². The third kappa shape index (κ3) is 5.37. The van der Waals surface area contributed by atoms with Gasteiger partial charge in [-0.05, 0) is 25.5 Å². The smallest absolute Gasteiger partial charge is 0.225 e. The molecule has 0 bridgehead atoms. The van der Waals surface area contributed by atoms with E-state index < -0.39 is 0 Å². The van der Waals surface area contributed by atoms with Crippen LogP contribution >= 0.6 is 0 Å². The second-order valence-corrected chi connectivity index (χ2v) is 1.45. The number of unbranched alkanes of at least 4 members (excludes halogenated alkanes) is 1. The summed E-state index contributed by atoms with van der Waals surface area (Å²) in [5.41, 5.74) is 5.18. The zero-order valence-corrected chi connectivity index (χ0v) is 4.76. The van der Waals surface area contributed by atoms with Gasteiger partial charge in [-0.3, -0.25) is 4.79 Å². The fraction of sp³-hybridized carbons (Fsp3) is 0.500. The summed E-state index contributed by atoms with van der Waals surface area (Å²) in [6, 6.07) is 0. The van der Waals surface area contributed by atoms with Gasteiger partial charge < -0.3 is 5.73 Å². The highest BCUT2D eigenvalue weighted by molar-refractivity contribution is 5.65. The molecule has 0 saturated heterocycles. The molecule has 0 aliphatic carbocycles. The SMILES string of the molecule is NCCCC=C[C]=O. The van der Waals surface area contributed by atoms with Gasteiger partial charge in [0.15, 0.2) is 0 Å². The van der Waals surface area contributed by atoms with Gasteiger partial charge >= 0.3 is 0 Å². The summed E-state index contributed by atoms with van der Waals surface area (Å²) in [5, 5.41) is 0. The van der Waals surface area contributed by atoms with Crippen molar-refractivity contribution in [1.82, 2.24) is 0 Å². The Morgan fingerprint density at radius 3 is 2.88 bits per heavy atom. The van der Waals surface area contributed by atoms with Crippen molar-refractivity contribution in [2.24, 2.45) is 5.73 Å². The molecule has 0 spiro atoms. The first kappa shape index (κ1) is 7.37. The van der Waals surface area contributed by atoms with Crippen LogP contribution < -0.4 is 5.73 Å². The molecular weight excluding hydrogens is 102 g/mol. The van der Waals surface area contributed by atoms with Crippen LogP contribution in [0.2, 0.25) is 0 Å². The number of rotatable bonds is 4. The Balaban J connectivity index is 2.91. The molecule has 0 aliphatic rings. The van der Waals surface area contributed by atoms with Gasteiger partial charge in [0, 0.05) is 0 Å². The minimum atomic E-state index is 0.684. The van der Waals surface area contributed by atoms with Crippen molar-refractivity contribution < 1.29 is 4.79 Å². The van der Waals surface area contributed by atoms with E-state index in [4.69, 9.17) is 5.73 Å². The molecule has 0 amide bonds. The molecule has 0 aromatic rings. The second-order valence-electron chi connectivity index (χ2n) is 1.45. The maximum absolute atomic E-state index is 9.52. The Bertz CT molecular complexity index is 78.6. The molecule has 45 valence electrons. The van der Waals surface area contributed by atoms with Gasteiger partial charge in [-0.1, -0.05) is 6.08 Å². The number of hydrogen-bond donors (Lipinski definition) is 1. The van der Waals surface area contributed by atoms with Gasteiger partial charge in [0.1, 0.15) is 0 Å². The lowest BCUT2D eigenvalue weighted by Gasteiger charge is -1.84. The summed E-state index contributed by atoms with van der Waals surface area (Å²) < 4.78 is 0. The predicted octanol–water partition coefficient (Wildman–Crippen LogP) is 0.391. The van der Waals surface area contributed by atoms with E-state index in [1.54, 1.807) is 12.4 Å². The zero-order chi connectivity index (χ0) is 6.24. The molecular formula is C6H10NO. The van der Waals surface area contributed by atoms with Crippen LogP contribution in [0.4, 0.5) is 0 Å². The largest absolute Gasteiger partial charge is 0.330 e. The topological polar surface area (TPSA) is 43.1 Å². The Morgan fingerprint density at radius 1 is 1.62 bits per heavy atom. The molecule has 0 heterocycles. The molecule has 2 N–H and O–H groups in total. The zero-order valence-electron chi connectivity index (χ0n) is 4.76. The van der Waals surface area contributed by atoms with E-state index in [0.717, 1.165) is 12.8 Å². The number of allylic oxidation sites excluding steroid dienone is 2. The average molecular weight is 112 g/mol. The second kappa shape index (κ2) is 6.37. The quantitative estimate of drug-likeness (QED) is 0.422. The normalized spacial score (nSPS) is 10.1. The summed E-state index contributed by atoms with van der Waals surface area (Å²) in [5.74, 6) is 0. The Labute approximate surface area is 49.4 Å². The third-order valence-corrected chi connectivity index (χ3v) is 0.761. The van der Waals surface area contributed by atoms with Crippen molar-refractivity contribution in [2.75, 3.05) is 6.54 Å². The maximum Gasteiger partial charge on any atom is 0.225 e. The Hall–Kier alpha value is -0.630. The molecule has 2 heteroatoms. The third-order valence-electron chi connectivity index (χ3n) is 0.761. The first-order valence-electron chi connectivity index (χ1n) is 2.64. The highest BCUT2D eigenvalue weighted by Gasteiger charge is 1.75. The molecule has 0 aromatic heterocycles. The minimum Gasteiger partial charge on any atom is -0.330 e. The van der Waals surface area contributed by atoms with Gasteiger partial charge in [-0.2, -0.15) is 0 Å². The molecule has 0 unspecified atom stereocenters. The van der Waals surface area contributed by atoms with Gasteiger partial charge in [0.05, 0.1) is 0 Å². The summed E-state index contributed by atoms with van der Waals surface area (Å²) in [7, 11) is 0. The molecule has 0 aliphatic heterocycles. The molecule has 0 atom stereocenters. The highest BCUT2D eigenvalue weighted by atomic mass is 16.1. The predicted molar refractivity (Wildman–Crippen MR) is 33.1 cm³/mol. The van der Waals surface area contributed by atoms with Crippen molar-refractivity contribution in [1.29, 1.82) is 0 Å². The van der Waals surface area contributed by atoms with E-state index in [1.807, 2.05) is 0 Å². The van der Waals surface area contributed by atoms with Crippen molar-refractivity contribution in [2.45, 2.75) is 12.8 Å². The van der Waals surface area contributed by atoms with Gasteiger partial charge in [0.2, 0.25) is 6.29 Å². The number of carbonyl (C=O) groups excluding carboxylic acids is 1. The van der Waals surface area contributed by atoms with Crippen molar-refractivity contribution >= 4 is 6.29 Å². The lowest BCUT2D eigenvalue weighted by molar-refractivity contribution is 0.564. The van der Waals surface area contributed by atoms with Crippen molar-refractivity contribution in [3.8, 4) is 0 Å². The molecule has 0 rings (SSSR count). The monoisotopic (exact) mass is 112 g/mol. The van der Waals surface area contributed by atoms with Crippen LogP contribution in [0.5, 0.6) is 0 Å². The Morgan fingerprint density at radius 2 is 2.38 bits per heavy atom. The molecule has 2 nitrogen and oxygen atoms in total. The van der Waals surface area contributed by atoms with Crippen LogP contribution in [-0.2, 0) is 4.79 Å². The van der Waals surface area contributed by atoms with Crippen LogP contribution in [0, 0.1) is 0 Å². The molecule has 0 fully saturated rings. The van der Waals surface area contributed by atoms with E-state index >= 15 is 0 Å². The minimum absolute atomic E-state index is 0.684. The van der Waals surface area contributed by atoms with Crippen LogP contribution in [0.3, 0.4) is 0 Å². The van der Waals surface area contributed by atoms with Gasteiger partial charge in [-0.25, -0.2) is 0 Å². The lowest BCUT2D eigenvalue weighted by Crippen LogP contribution is -1.96. The standard InChI is InChI=1S/C6H10NO/c7-5-3-1-2-4-6-8/h2,4H,1,3,5,7H2. The highest BCUT2D eigenvalue weighted by Crippen LogP contribution is 1.85. The van der Waals surface area contributed by atoms with E-state index in [0.29, 0.717) is 6.54 Å². The fourth-order valence-electron chi connectivity index (χ4n) is 0.367. The maximum atomic E-state index is 9.52. The first-order valence-corrected chi connectivity index (χ1v) is 2.64. The van der Waals surface area contributed by atoms with Crippen LogP contribution in [0.1, 0.15) is 12.8 Å². The van der Waals surface area contributed by atoms with Gasteiger partial charge in [0.25, 0.3) is 0 Å². The molecule has 1 radical (unpaired) electrons. The van der Waals surface area contributed by atoms with Crippen LogP contribution in [-0.4, -0.2) is 12.8 Å². The summed E-state index contributed by atoms with van der Waals surface area (Å²) in [6.45, 7) is 0.684. The summed E-state index contributed by atoms with van der Waals surface area (Å²) in [4.78, 5) is 9.52. The van der Waals surface area contributed by atoms with Crippen molar-refractivity contribution in [3.05, 3.63) is 12.2 Å². The Kier molecular flexibility index (Phi) is 5.87. The summed E-state index contributed by atoms with van der Waals surface area (Å²) in [6.07, 6.45) is 6.61. The van der Waals surface area contributed by atoms with Crippen LogP contribution in [0.25, 0.3) is 0 Å². The van der Waals surface area contributed by atoms with Crippen molar-refractivity contribution in [3.63, 3.8) is 0 Å². The fourth-order valence-corrected chi connectivity index (χ4v) is 0.367. The van der Waals surface area contributed by atoms with E-state index in [2.05, 4.69) is 0 Å². The number of hydrogen-bond acceptors (Lipinski definition) is 2.